The van der Waals surface area contributed by atoms with Crippen LogP contribution >= 0.6 is 0 Å². The van der Waals surface area contributed by atoms with Crippen molar-refractivity contribution in [2.75, 3.05) is 0 Å². The topological polar surface area (TPSA) is 77.8 Å². The van der Waals surface area contributed by atoms with Crippen LogP contribution in [0.3, 0.4) is 0 Å². The molecule has 0 aliphatic heterocycles. The molecule has 0 heterocycles. The first kappa shape index (κ1) is 21.9. The Labute approximate surface area is 152 Å². The Kier molecular flexibility index (Phi) is 10.1. The standard InChI is InChI=1S/C21H36O4/c1-3-4-9-15-21(2,25)16-14-17-12-13-19(22)18(17)10-7-5-6-8-11-20(23)24/h5,7,14,16-19,22,25H,3-4,6,8-13,15H2,1-2H3,(H,23,24)/b7-5+,16-14+. The maximum Gasteiger partial charge on any atom is 0.303 e. The van der Waals surface area contributed by atoms with E-state index < -0.39 is 11.6 Å². The van der Waals surface area contributed by atoms with Gasteiger partial charge in [0.25, 0.3) is 0 Å². The molecular weight excluding hydrogens is 316 g/mol. The number of rotatable bonds is 12. The highest BCUT2D eigenvalue weighted by molar-refractivity contribution is 5.66. The van der Waals surface area contributed by atoms with Crippen molar-refractivity contribution in [3.8, 4) is 0 Å². The lowest BCUT2D eigenvalue weighted by atomic mass is 9.88. The molecule has 0 aromatic carbocycles. The lowest BCUT2D eigenvalue weighted by Crippen LogP contribution is -2.22. The molecule has 0 saturated heterocycles. The number of allylic oxidation sites excluding steroid dienone is 3. The summed E-state index contributed by atoms with van der Waals surface area (Å²) in [5.74, 6) is -0.259. The first-order valence-electron chi connectivity index (χ1n) is 9.82. The van der Waals surface area contributed by atoms with Crippen LogP contribution in [0.2, 0.25) is 0 Å². The van der Waals surface area contributed by atoms with Gasteiger partial charge in [-0.15, -0.1) is 0 Å². The van der Waals surface area contributed by atoms with Crippen LogP contribution in [-0.4, -0.2) is 33.0 Å². The summed E-state index contributed by atoms with van der Waals surface area (Å²) < 4.78 is 0. The molecule has 0 aromatic heterocycles. The van der Waals surface area contributed by atoms with E-state index in [1.54, 1.807) is 0 Å². The van der Waals surface area contributed by atoms with Crippen LogP contribution in [0.1, 0.15) is 78.1 Å². The SMILES string of the molecule is CCCCCC(C)(O)/C=C/C1CCC(O)C1C/C=C/CCCC(=O)O. The van der Waals surface area contributed by atoms with E-state index in [0.29, 0.717) is 12.3 Å². The highest BCUT2D eigenvalue weighted by Crippen LogP contribution is 2.36. The smallest absolute Gasteiger partial charge is 0.303 e. The zero-order valence-corrected chi connectivity index (χ0v) is 15.9. The quantitative estimate of drug-likeness (QED) is 0.358. The molecule has 0 radical (unpaired) electrons. The molecule has 1 rings (SSSR count). The van der Waals surface area contributed by atoms with Crippen LogP contribution in [0.25, 0.3) is 0 Å². The minimum absolute atomic E-state index is 0.193. The fraction of sp³-hybridized carbons (Fsp3) is 0.762. The van der Waals surface area contributed by atoms with Crippen molar-refractivity contribution in [2.24, 2.45) is 11.8 Å². The molecule has 25 heavy (non-hydrogen) atoms. The number of carbonyl (C=O) groups is 1. The Bertz CT molecular complexity index is 439. The Morgan fingerprint density at radius 3 is 2.64 bits per heavy atom. The summed E-state index contributed by atoms with van der Waals surface area (Å²) in [6.07, 6.45) is 16.1. The number of aliphatic hydroxyl groups excluding tert-OH is 1. The maximum atomic E-state index is 10.5. The van der Waals surface area contributed by atoms with E-state index in [0.717, 1.165) is 51.4 Å². The molecule has 0 spiro atoms. The summed E-state index contributed by atoms with van der Waals surface area (Å²) in [5, 5.41) is 29.3. The van der Waals surface area contributed by atoms with E-state index in [-0.39, 0.29) is 18.4 Å². The molecule has 144 valence electrons. The fourth-order valence-electron chi connectivity index (χ4n) is 3.54. The van der Waals surface area contributed by atoms with Gasteiger partial charge < -0.3 is 15.3 Å². The summed E-state index contributed by atoms with van der Waals surface area (Å²) in [5.41, 5.74) is -0.764. The predicted octanol–water partition coefficient (Wildman–Crippen LogP) is 4.46. The molecule has 4 nitrogen and oxygen atoms in total. The Morgan fingerprint density at radius 2 is 1.96 bits per heavy atom. The maximum absolute atomic E-state index is 10.5. The number of carboxylic acid groups (broad SMARTS) is 1. The van der Waals surface area contributed by atoms with Crippen molar-refractivity contribution >= 4 is 5.97 Å². The summed E-state index contributed by atoms with van der Waals surface area (Å²) in [6, 6.07) is 0. The number of aliphatic carboxylic acids is 1. The molecule has 1 aliphatic rings. The number of hydrogen-bond donors (Lipinski definition) is 3. The summed E-state index contributed by atoms with van der Waals surface area (Å²) in [7, 11) is 0. The molecule has 0 amide bonds. The summed E-state index contributed by atoms with van der Waals surface area (Å²) in [4.78, 5) is 10.5. The second-order valence-corrected chi connectivity index (χ2v) is 7.64. The van der Waals surface area contributed by atoms with Gasteiger partial charge in [-0.1, -0.05) is 50.5 Å². The summed E-state index contributed by atoms with van der Waals surface area (Å²) in [6.45, 7) is 4.02. The number of hydrogen-bond acceptors (Lipinski definition) is 3. The van der Waals surface area contributed by atoms with Gasteiger partial charge in [-0.2, -0.15) is 0 Å². The molecule has 1 fully saturated rings. The van der Waals surface area contributed by atoms with Crippen LogP contribution in [0.4, 0.5) is 0 Å². The predicted molar refractivity (Wildman–Crippen MR) is 101 cm³/mol. The fourth-order valence-corrected chi connectivity index (χ4v) is 3.54. The second-order valence-electron chi connectivity index (χ2n) is 7.64. The van der Waals surface area contributed by atoms with Gasteiger partial charge >= 0.3 is 5.97 Å². The van der Waals surface area contributed by atoms with E-state index in [1.165, 1.54) is 0 Å². The van der Waals surface area contributed by atoms with E-state index in [9.17, 15) is 15.0 Å². The Morgan fingerprint density at radius 1 is 1.20 bits per heavy atom. The second kappa shape index (κ2) is 11.5. The molecule has 0 aromatic rings. The highest BCUT2D eigenvalue weighted by atomic mass is 16.4. The van der Waals surface area contributed by atoms with Gasteiger partial charge in [-0.25, -0.2) is 0 Å². The van der Waals surface area contributed by atoms with Crippen molar-refractivity contribution < 1.29 is 20.1 Å². The largest absolute Gasteiger partial charge is 0.481 e. The molecule has 4 heteroatoms. The third-order valence-corrected chi connectivity index (χ3v) is 5.17. The van der Waals surface area contributed by atoms with Crippen LogP contribution in [0, 0.1) is 11.8 Å². The van der Waals surface area contributed by atoms with Crippen molar-refractivity contribution in [3.05, 3.63) is 24.3 Å². The van der Waals surface area contributed by atoms with Gasteiger partial charge in [0.05, 0.1) is 11.7 Å². The first-order chi connectivity index (χ1) is 11.9. The van der Waals surface area contributed by atoms with Gasteiger partial charge in [0.15, 0.2) is 0 Å². The lowest BCUT2D eigenvalue weighted by molar-refractivity contribution is -0.137. The molecule has 1 saturated carbocycles. The van der Waals surface area contributed by atoms with Gasteiger partial charge in [0.1, 0.15) is 0 Å². The number of unbranched alkanes of at least 4 members (excludes halogenated alkanes) is 3. The van der Waals surface area contributed by atoms with E-state index in [2.05, 4.69) is 19.1 Å². The monoisotopic (exact) mass is 352 g/mol. The number of carboxylic acids is 1. The van der Waals surface area contributed by atoms with Crippen LogP contribution < -0.4 is 0 Å². The van der Waals surface area contributed by atoms with Crippen molar-refractivity contribution in [1.82, 2.24) is 0 Å². The molecule has 3 N–H and O–H groups in total. The average Bonchev–Trinajstić information content (AvgIpc) is 2.89. The average molecular weight is 353 g/mol. The third-order valence-electron chi connectivity index (χ3n) is 5.17. The zero-order valence-electron chi connectivity index (χ0n) is 15.9. The molecule has 4 atom stereocenters. The molecule has 4 unspecified atom stereocenters. The van der Waals surface area contributed by atoms with Gasteiger partial charge in [0, 0.05) is 6.42 Å². The summed E-state index contributed by atoms with van der Waals surface area (Å²) >= 11 is 0. The molecule has 1 aliphatic carbocycles. The van der Waals surface area contributed by atoms with E-state index >= 15 is 0 Å². The van der Waals surface area contributed by atoms with Gasteiger partial charge in [-0.3, -0.25) is 4.79 Å². The van der Waals surface area contributed by atoms with E-state index in [4.69, 9.17) is 5.11 Å². The third kappa shape index (κ3) is 9.22. The number of aliphatic hydroxyl groups is 2. The van der Waals surface area contributed by atoms with Crippen LogP contribution in [0.15, 0.2) is 24.3 Å². The van der Waals surface area contributed by atoms with Gasteiger partial charge in [-0.05, 0) is 57.3 Å². The molecular formula is C21H36O4. The van der Waals surface area contributed by atoms with Crippen molar-refractivity contribution in [3.63, 3.8) is 0 Å². The first-order valence-corrected chi connectivity index (χ1v) is 9.82. The Hall–Kier alpha value is -1.13. The van der Waals surface area contributed by atoms with E-state index in [1.807, 2.05) is 19.1 Å². The minimum atomic E-state index is -0.764. The normalized spacial score (nSPS) is 26.5. The zero-order chi connectivity index (χ0) is 18.7. The van der Waals surface area contributed by atoms with Crippen molar-refractivity contribution in [1.29, 1.82) is 0 Å². The molecule has 0 bridgehead atoms. The van der Waals surface area contributed by atoms with Crippen LogP contribution in [-0.2, 0) is 4.79 Å². The highest BCUT2D eigenvalue weighted by Gasteiger charge is 2.32. The van der Waals surface area contributed by atoms with Crippen LogP contribution in [0.5, 0.6) is 0 Å². The Balaban J connectivity index is 2.45. The van der Waals surface area contributed by atoms with Gasteiger partial charge in [0.2, 0.25) is 0 Å². The van der Waals surface area contributed by atoms with Crippen molar-refractivity contribution in [2.45, 2.75) is 89.8 Å². The lowest BCUT2D eigenvalue weighted by Gasteiger charge is -2.22. The minimum Gasteiger partial charge on any atom is -0.481 e.